The third-order valence-electron chi connectivity index (χ3n) is 2.47. The number of nitrogens with one attached hydrogen (secondary N) is 1. The first-order chi connectivity index (χ1) is 8.11. The zero-order valence-corrected chi connectivity index (χ0v) is 10.9. The number of carboxylic acids is 1. The van der Waals surface area contributed by atoms with E-state index in [1.54, 1.807) is 4.90 Å². The summed E-state index contributed by atoms with van der Waals surface area (Å²) in [6.45, 7) is 5.86. The van der Waals surface area contributed by atoms with Crippen LogP contribution in [-0.2, 0) is 4.79 Å². The number of urea groups is 1. The normalized spacial score (nSPS) is 10.0. The minimum Gasteiger partial charge on any atom is -0.481 e. The standard InChI is InChI=1S/C12H24N2O3/c1-3-5-9-14(10-6-4-2)12(17)13-8-7-11(15)16/h3-10H2,1-2H3,(H,13,17)(H,15,16). The van der Waals surface area contributed by atoms with Gasteiger partial charge in [0, 0.05) is 19.6 Å². The molecular weight excluding hydrogens is 220 g/mol. The van der Waals surface area contributed by atoms with Crippen molar-refractivity contribution in [1.29, 1.82) is 0 Å². The zero-order chi connectivity index (χ0) is 13.1. The summed E-state index contributed by atoms with van der Waals surface area (Å²) in [5.74, 6) is -0.890. The topological polar surface area (TPSA) is 69.6 Å². The number of carbonyl (C=O) groups excluding carboxylic acids is 1. The molecule has 0 unspecified atom stereocenters. The maximum absolute atomic E-state index is 11.8. The van der Waals surface area contributed by atoms with E-state index in [1.165, 1.54) is 0 Å². The van der Waals surface area contributed by atoms with Crippen molar-refractivity contribution in [2.45, 2.75) is 46.0 Å². The fourth-order valence-electron chi connectivity index (χ4n) is 1.40. The van der Waals surface area contributed by atoms with E-state index in [9.17, 15) is 9.59 Å². The highest BCUT2D eigenvalue weighted by atomic mass is 16.4. The van der Waals surface area contributed by atoms with Crippen LogP contribution < -0.4 is 5.32 Å². The molecule has 0 fully saturated rings. The molecule has 0 spiro atoms. The molecule has 0 rings (SSSR count). The molecule has 0 heterocycles. The highest BCUT2D eigenvalue weighted by Gasteiger charge is 2.11. The Morgan fingerprint density at radius 1 is 1.12 bits per heavy atom. The Bertz CT molecular complexity index is 224. The first-order valence-corrected chi connectivity index (χ1v) is 6.36. The number of hydrogen-bond acceptors (Lipinski definition) is 2. The Hall–Kier alpha value is -1.26. The molecule has 5 nitrogen and oxygen atoms in total. The molecule has 0 aliphatic rings. The molecule has 0 aromatic heterocycles. The lowest BCUT2D eigenvalue weighted by molar-refractivity contribution is -0.136. The van der Waals surface area contributed by atoms with Crippen LogP contribution in [-0.4, -0.2) is 41.6 Å². The number of unbranched alkanes of at least 4 members (excludes halogenated alkanes) is 2. The van der Waals surface area contributed by atoms with Gasteiger partial charge in [0.25, 0.3) is 0 Å². The highest BCUT2D eigenvalue weighted by molar-refractivity contribution is 5.75. The number of carboxylic acid groups (broad SMARTS) is 1. The summed E-state index contributed by atoms with van der Waals surface area (Å²) in [7, 11) is 0. The summed E-state index contributed by atoms with van der Waals surface area (Å²) in [4.78, 5) is 23.9. The lowest BCUT2D eigenvalue weighted by Gasteiger charge is -2.22. The molecule has 0 saturated heterocycles. The number of aliphatic carboxylic acids is 1. The van der Waals surface area contributed by atoms with Gasteiger partial charge >= 0.3 is 12.0 Å². The first-order valence-electron chi connectivity index (χ1n) is 6.36. The molecule has 2 N–H and O–H groups in total. The van der Waals surface area contributed by atoms with E-state index < -0.39 is 5.97 Å². The van der Waals surface area contributed by atoms with Crippen LogP contribution in [0.4, 0.5) is 4.79 Å². The Labute approximate surface area is 103 Å². The van der Waals surface area contributed by atoms with Crippen molar-refractivity contribution in [1.82, 2.24) is 10.2 Å². The average Bonchev–Trinajstić information content (AvgIpc) is 2.28. The van der Waals surface area contributed by atoms with Gasteiger partial charge in [0.2, 0.25) is 0 Å². The van der Waals surface area contributed by atoms with Crippen LogP contribution in [0.5, 0.6) is 0 Å². The second-order valence-electron chi connectivity index (χ2n) is 4.07. The molecule has 17 heavy (non-hydrogen) atoms. The Morgan fingerprint density at radius 3 is 2.06 bits per heavy atom. The first kappa shape index (κ1) is 15.7. The van der Waals surface area contributed by atoms with Crippen LogP contribution in [0.15, 0.2) is 0 Å². The molecule has 0 bridgehead atoms. The zero-order valence-electron chi connectivity index (χ0n) is 10.9. The molecule has 0 aliphatic carbocycles. The molecule has 0 aliphatic heterocycles. The molecule has 5 heteroatoms. The lowest BCUT2D eigenvalue weighted by Crippen LogP contribution is -2.41. The van der Waals surface area contributed by atoms with Crippen molar-refractivity contribution in [3.63, 3.8) is 0 Å². The van der Waals surface area contributed by atoms with Crippen LogP contribution in [0.1, 0.15) is 46.0 Å². The van der Waals surface area contributed by atoms with Crippen molar-refractivity contribution in [3.05, 3.63) is 0 Å². The summed E-state index contributed by atoms with van der Waals surface area (Å²) in [6, 6.07) is -0.145. The quantitative estimate of drug-likeness (QED) is 0.652. The minimum atomic E-state index is -0.890. The molecule has 2 amide bonds. The summed E-state index contributed by atoms with van der Waals surface area (Å²) >= 11 is 0. The van der Waals surface area contributed by atoms with E-state index in [4.69, 9.17) is 5.11 Å². The van der Waals surface area contributed by atoms with Gasteiger partial charge in [-0.05, 0) is 12.8 Å². The Kier molecular flexibility index (Phi) is 9.19. The van der Waals surface area contributed by atoms with Crippen LogP contribution in [0, 0.1) is 0 Å². The van der Waals surface area contributed by atoms with Gasteiger partial charge < -0.3 is 15.3 Å². The summed E-state index contributed by atoms with van der Waals surface area (Å²) in [5.41, 5.74) is 0. The maximum Gasteiger partial charge on any atom is 0.317 e. The molecular formula is C12H24N2O3. The minimum absolute atomic E-state index is 0.0267. The summed E-state index contributed by atoms with van der Waals surface area (Å²) < 4.78 is 0. The van der Waals surface area contributed by atoms with E-state index in [0.717, 1.165) is 38.8 Å². The average molecular weight is 244 g/mol. The monoisotopic (exact) mass is 244 g/mol. The van der Waals surface area contributed by atoms with Crippen LogP contribution in [0.3, 0.4) is 0 Å². The van der Waals surface area contributed by atoms with Gasteiger partial charge in [0.1, 0.15) is 0 Å². The maximum atomic E-state index is 11.8. The van der Waals surface area contributed by atoms with E-state index in [-0.39, 0.29) is 19.0 Å². The number of rotatable bonds is 9. The van der Waals surface area contributed by atoms with Crippen molar-refractivity contribution in [3.8, 4) is 0 Å². The molecule has 100 valence electrons. The van der Waals surface area contributed by atoms with Gasteiger partial charge in [0.05, 0.1) is 6.42 Å². The third-order valence-corrected chi connectivity index (χ3v) is 2.47. The number of amides is 2. The van der Waals surface area contributed by atoms with Gasteiger partial charge in [-0.3, -0.25) is 4.79 Å². The molecule has 0 atom stereocenters. The number of hydrogen-bond donors (Lipinski definition) is 2. The van der Waals surface area contributed by atoms with Gasteiger partial charge in [-0.1, -0.05) is 26.7 Å². The summed E-state index contributed by atoms with van der Waals surface area (Å²) in [6.07, 6.45) is 4.03. The van der Waals surface area contributed by atoms with Crippen molar-refractivity contribution in [2.24, 2.45) is 0 Å². The molecule has 0 aromatic carbocycles. The SMILES string of the molecule is CCCCN(CCCC)C(=O)NCCC(=O)O. The number of nitrogens with zero attached hydrogens (tertiary/aromatic N) is 1. The third kappa shape index (κ3) is 8.54. The largest absolute Gasteiger partial charge is 0.481 e. The van der Waals surface area contributed by atoms with Gasteiger partial charge in [0.15, 0.2) is 0 Å². The fourth-order valence-corrected chi connectivity index (χ4v) is 1.40. The van der Waals surface area contributed by atoms with Crippen molar-refractivity contribution in [2.75, 3.05) is 19.6 Å². The summed E-state index contributed by atoms with van der Waals surface area (Å²) in [5, 5.41) is 11.1. The number of carbonyl (C=O) groups is 2. The second kappa shape index (κ2) is 9.93. The lowest BCUT2D eigenvalue weighted by atomic mass is 10.3. The fraction of sp³-hybridized carbons (Fsp3) is 0.833. The van der Waals surface area contributed by atoms with Crippen molar-refractivity contribution >= 4 is 12.0 Å². The highest BCUT2D eigenvalue weighted by Crippen LogP contribution is 1.99. The van der Waals surface area contributed by atoms with Crippen LogP contribution >= 0.6 is 0 Å². The molecule has 0 radical (unpaired) electrons. The Balaban J connectivity index is 3.97. The van der Waals surface area contributed by atoms with E-state index in [2.05, 4.69) is 19.2 Å². The van der Waals surface area contributed by atoms with Gasteiger partial charge in [-0.2, -0.15) is 0 Å². The van der Waals surface area contributed by atoms with Crippen LogP contribution in [0.2, 0.25) is 0 Å². The Morgan fingerprint density at radius 2 is 1.65 bits per heavy atom. The van der Waals surface area contributed by atoms with Crippen molar-refractivity contribution < 1.29 is 14.7 Å². The van der Waals surface area contributed by atoms with Gasteiger partial charge in [-0.25, -0.2) is 4.79 Å². The smallest absolute Gasteiger partial charge is 0.317 e. The van der Waals surface area contributed by atoms with Gasteiger partial charge in [-0.15, -0.1) is 0 Å². The molecule has 0 saturated carbocycles. The second-order valence-corrected chi connectivity index (χ2v) is 4.07. The predicted octanol–water partition coefficient (Wildman–Crippen LogP) is 2.07. The van der Waals surface area contributed by atoms with Crippen LogP contribution in [0.25, 0.3) is 0 Å². The van der Waals surface area contributed by atoms with E-state index in [1.807, 2.05) is 0 Å². The van der Waals surface area contributed by atoms with E-state index in [0.29, 0.717) is 0 Å². The molecule has 0 aromatic rings. The predicted molar refractivity (Wildman–Crippen MR) is 67.0 cm³/mol. The van der Waals surface area contributed by atoms with E-state index >= 15 is 0 Å².